The van der Waals surface area contributed by atoms with Crippen molar-refractivity contribution in [2.45, 2.75) is 26.2 Å². The van der Waals surface area contributed by atoms with Crippen molar-refractivity contribution in [3.05, 3.63) is 52.8 Å². The van der Waals surface area contributed by atoms with Crippen molar-refractivity contribution in [2.24, 2.45) is 0 Å². The van der Waals surface area contributed by atoms with Crippen LogP contribution in [0.1, 0.15) is 35.2 Å². The van der Waals surface area contributed by atoms with Gasteiger partial charge in [0.1, 0.15) is 0 Å². The Morgan fingerprint density at radius 1 is 1.10 bits per heavy atom. The minimum absolute atomic E-state index is 0.0905. The highest BCUT2D eigenvalue weighted by atomic mass is 16.3. The first kappa shape index (κ1) is 12.7. The zero-order chi connectivity index (χ0) is 14.1. The molecule has 1 aliphatic carbocycles. The third kappa shape index (κ3) is 2.39. The molecule has 2 aromatic rings. The highest BCUT2D eigenvalue weighted by Gasteiger charge is 2.15. The molecule has 3 rings (SSSR count). The van der Waals surface area contributed by atoms with E-state index in [2.05, 4.69) is 18.0 Å². The lowest BCUT2D eigenvalue weighted by Gasteiger charge is -2.18. The predicted molar refractivity (Wildman–Crippen MR) is 79.6 cm³/mol. The normalized spacial score (nSPS) is 16.1. The summed E-state index contributed by atoms with van der Waals surface area (Å²) < 4.78 is 0. The Morgan fingerprint density at radius 2 is 1.95 bits per heavy atom. The van der Waals surface area contributed by atoms with E-state index < -0.39 is 0 Å². The van der Waals surface area contributed by atoms with Crippen molar-refractivity contribution in [1.82, 2.24) is 4.98 Å². The van der Waals surface area contributed by atoms with E-state index in [0.717, 1.165) is 30.5 Å². The minimum atomic E-state index is -0.0926. The maximum Gasteiger partial charge on any atom is 0.157 e. The van der Waals surface area contributed by atoms with Gasteiger partial charge in [0, 0.05) is 6.20 Å². The lowest BCUT2D eigenvalue weighted by molar-refractivity contribution is 0.403. The van der Waals surface area contributed by atoms with Gasteiger partial charge < -0.3 is 10.2 Å². The maximum absolute atomic E-state index is 9.57. The first-order valence-corrected chi connectivity index (χ1v) is 6.82. The standard InChI is InChI=1S/C17H17NO2/c1-11-7-13-3-2-4-14(17(13)18-10-11)8-12-5-6-15(19)16(20)9-12/h5-10,19-20H,2-4H2,1H3/b14-8+. The fourth-order valence-corrected chi connectivity index (χ4v) is 2.67. The highest BCUT2D eigenvalue weighted by molar-refractivity contribution is 5.82. The molecule has 2 N–H and O–H groups in total. The molecule has 0 fully saturated rings. The minimum Gasteiger partial charge on any atom is -0.504 e. The molecule has 0 bridgehead atoms. The number of benzene rings is 1. The summed E-state index contributed by atoms with van der Waals surface area (Å²) in [6, 6.07) is 7.08. The van der Waals surface area contributed by atoms with Crippen LogP contribution in [0.25, 0.3) is 11.6 Å². The van der Waals surface area contributed by atoms with Crippen molar-refractivity contribution >= 4 is 11.6 Å². The van der Waals surface area contributed by atoms with Crippen LogP contribution in [0.15, 0.2) is 30.5 Å². The highest BCUT2D eigenvalue weighted by Crippen LogP contribution is 2.32. The lowest BCUT2D eigenvalue weighted by atomic mass is 9.89. The Balaban J connectivity index is 2.03. The number of aryl methyl sites for hydroxylation is 2. The second kappa shape index (κ2) is 5.00. The van der Waals surface area contributed by atoms with Gasteiger partial charge in [0.15, 0.2) is 11.5 Å². The summed E-state index contributed by atoms with van der Waals surface area (Å²) in [5.74, 6) is -0.183. The summed E-state index contributed by atoms with van der Waals surface area (Å²) in [4.78, 5) is 4.56. The average Bonchev–Trinajstić information content (AvgIpc) is 2.43. The van der Waals surface area contributed by atoms with E-state index in [4.69, 9.17) is 0 Å². The van der Waals surface area contributed by atoms with E-state index in [1.165, 1.54) is 22.8 Å². The summed E-state index contributed by atoms with van der Waals surface area (Å²) in [6.45, 7) is 2.06. The fourth-order valence-electron chi connectivity index (χ4n) is 2.67. The molecule has 1 aromatic carbocycles. The van der Waals surface area contributed by atoms with Crippen LogP contribution in [0, 0.1) is 6.92 Å². The van der Waals surface area contributed by atoms with E-state index in [-0.39, 0.29) is 11.5 Å². The predicted octanol–water partition coefficient (Wildman–Crippen LogP) is 3.68. The van der Waals surface area contributed by atoms with Gasteiger partial charge in [-0.2, -0.15) is 0 Å². The number of aromatic nitrogens is 1. The molecule has 1 aromatic heterocycles. The van der Waals surface area contributed by atoms with Crippen LogP contribution in [0.3, 0.4) is 0 Å². The number of pyridine rings is 1. The van der Waals surface area contributed by atoms with E-state index in [9.17, 15) is 10.2 Å². The largest absolute Gasteiger partial charge is 0.504 e. The van der Waals surface area contributed by atoms with Crippen molar-refractivity contribution in [3.63, 3.8) is 0 Å². The van der Waals surface area contributed by atoms with Gasteiger partial charge in [-0.05, 0) is 66.7 Å². The van der Waals surface area contributed by atoms with Gasteiger partial charge in [0.25, 0.3) is 0 Å². The Hall–Kier alpha value is -2.29. The van der Waals surface area contributed by atoms with Crippen LogP contribution >= 0.6 is 0 Å². The second-order valence-electron chi connectivity index (χ2n) is 5.29. The number of rotatable bonds is 1. The molecule has 20 heavy (non-hydrogen) atoms. The summed E-state index contributed by atoms with van der Waals surface area (Å²) in [7, 11) is 0. The van der Waals surface area contributed by atoms with E-state index >= 15 is 0 Å². The Bertz CT molecular complexity index is 689. The Labute approximate surface area is 118 Å². The lowest BCUT2D eigenvalue weighted by Crippen LogP contribution is -2.04. The number of aromatic hydroxyl groups is 2. The van der Waals surface area contributed by atoms with Crippen molar-refractivity contribution in [3.8, 4) is 11.5 Å². The molecule has 1 aliphatic rings. The average molecular weight is 267 g/mol. The molecule has 1 heterocycles. The van der Waals surface area contributed by atoms with Crippen LogP contribution < -0.4 is 0 Å². The van der Waals surface area contributed by atoms with Crippen LogP contribution in [0.2, 0.25) is 0 Å². The zero-order valence-corrected chi connectivity index (χ0v) is 11.4. The molecular formula is C17H17NO2. The number of phenols is 2. The van der Waals surface area contributed by atoms with E-state index in [1.807, 2.05) is 12.3 Å². The molecule has 3 nitrogen and oxygen atoms in total. The summed E-state index contributed by atoms with van der Waals surface area (Å²) in [5.41, 5.74) is 5.62. The van der Waals surface area contributed by atoms with Gasteiger partial charge in [-0.25, -0.2) is 0 Å². The monoisotopic (exact) mass is 267 g/mol. The van der Waals surface area contributed by atoms with Gasteiger partial charge in [-0.3, -0.25) is 4.98 Å². The SMILES string of the molecule is Cc1cnc2c(c1)CCC/C2=C\c1ccc(O)c(O)c1. The zero-order valence-electron chi connectivity index (χ0n) is 11.4. The molecule has 3 heteroatoms. The third-order valence-corrected chi connectivity index (χ3v) is 3.64. The molecule has 0 radical (unpaired) electrons. The third-order valence-electron chi connectivity index (χ3n) is 3.64. The first-order valence-electron chi connectivity index (χ1n) is 6.82. The number of nitrogens with zero attached hydrogens (tertiary/aromatic N) is 1. The number of phenolic OH excluding ortho intramolecular Hbond substituents is 2. The summed E-state index contributed by atoms with van der Waals surface area (Å²) in [5, 5.41) is 18.9. The molecule has 0 aliphatic heterocycles. The van der Waals surface area contributed by atoms with Gasteiger partial charge in [-0.15, -0.1) is 0 Å². The molecular weight excluding hydrogens is 250 g/mol. The summed E-state index contributed by atoms with van der Waals surface area (Å²) in [6.07, 6.45) is 7.12. The van der Waals surface area contributed by atoms with Gasteiger partial charge >= 0.3 is 0 Å². The van der Waals surface area contributed by atoms with E-state index in [1.54, 1.807) is 12.1 Å². The van der Waals surface area contributed by atoms with Crippen LogP contribution in [-0.4, -0.2) is 15.2 Å². The number of hydrogen-bond acceptors (Lipinski definition) is 3. The molecule has 0 unspecified atom stereocenters. The smallest absolute Gasteiger partial charge is 0.157 e. The molecule has 0 amide bonds. The van der Waals surface area contributed by atoms with Crippen LogP contribution in [-0.2, 0) is 6.42 Å². The van der Waals surface area contributed by atoms with Gasteiger partial charge in [0.2, 0.25) is 0 Å². The molecule has 0 saturated heterocycles. The quantitative estimate of drug-likeness (QED) is 0.775. The van der Waals surface area contributed by atoms with Crippen molar-refractivity contribution in [2.75, 3.05) is 0 Å². The fraction of sp³-hybridized carbons (Fsp3) is 0.235. The molecule has 0 atom stereocenters. The van der Waals surface area contributed by atoms with E-state index in [0.29, 0.717) is 0 Å². The number of fused-ring (bicyclic) bond motifs is 1. The van der Waals surface area contributed by atoms with Crippen molar-refractivity contribution < 1.29 is 10.2 Å². The first-order chi connectivity index (χ1) is 9.63. The van der Waals surface area contributed by atoms with Gasteiger partial charge in [-0.1, -0.05) is 12.1 Å². The maximum atomic E-state index is 9.57. The summed E-state index contributed by atoms with van der Waals surface area (Å²) >= 11 is 0. The Kier molecular flexibility index (Phi) is 3.18. The topological polar surface area (TPSA) is 53.4 Å². The van der Waals surface area contributed by atoms with Crippen molar-refractivity contribution in [1.29, 1.82) is 0 Å². The number of hydrogen-bond donors (Lipinski definition) is 2. The molecule has 0 spiro atoms. The second-order valence-corrected chi connectivity index (χ2v) is 5.29. The molecule has 102 valence electrons. The van der Waals surface area contributed by atoms with Crippen LogP contribution in [0.5, 0.6) is 11.5 Å². The van der Waals surface area contributed by atoms with Gasteiger partial charge in [0.05, 0.1) is 5.69 Å². The number of allylic oxidation sites excluding steroid dienone is 1. The Morgan fingerprint density at radius 3 is 2.75 bits per heavy atom. The van der Waals surface area contributed by atoms with Crippen LogP contribution in [0.4, 0.5) is 0 Å². The molecule has 0 saturated carbocycles.